The van der Waals surface area contributed by atoms with Crippen LogP contribution in [0.1, 0.15) is 5.69 Å². The van der Waals surface area contributed by atoms with Gasteiger partial charge in [0.05, 0.1) is 0 Å². The van der Waals surface area contributed by atoms with Gasteiger partial charge >= 0.3 is 0 Å². The summed E-state index contributed by atoms with van der Waals surface area (Å²) in [5, 5.41) is 11.0. The third kappa shape index (κ3) is 3.28. The van der Waals surface area contributed by atoms with Gasteiger partial charge in [-0.1, -0.05) is 23.2 Å². The van der Waals surface area contributed by atoms with Gasteiger partial charge in [0.15, 0.2) is 5.69 Å². The Hall–Kier alpha value is -1.93. The van der Waals surface area contributed by atoms with Crippen LogP contribution in [-0.2, 0) is 0 Å². The van der Waals surface area contributed by atoms with E-state index in [1.807, 2.05) is 12.1 Å². The van der Waals surface area contributed by atoms with Crippen LogP contribution in [0.2, 0.25) is 10.0 Å². The zero-order chi connectivity index (χ0) is 15.5. The summed E-state index contributed by atoms with van der Waals surface area (Å²) in [4.78, 5) is 5.14. The van der Waals surface area contributed by atoms with Gasteiger partial charge in [-0.05, 0) is 60.3 Å². The third-order valence-corrected chi connectivity index (χ3v) is 4.29. The highest BCUT2D eigenvalue weighted by Crippen LogP contribution is 2.34. The van der Waals surface area contributed by atoms with Crippen molar-refractivity contribution in [2.45, 2.75) is 9.99 Å². The number of halogens is 2. The van der Waals surface area contributed by atoms with Gasteiger partial charge in [0.2, 0.25) is 11.0 Å². The predicted molar refractivity (Wildman–Crippen MR) is 87.2 cm³/mol. The van der Waals surface area contributed by atoms with Crippen molar-refractivity contribution in [3.05, 3.63) is 64.3 Å². The minimum Gasteiger partial charge on any atom is -0.428 e. The molecule has 0 aliphatic rings. The predicted octanol–water partition coefficient (Wildman–Crippen LogP) is 5.67. The summed E-state index contributed by atoms with van der Waals surface area (Å²) in [5.41, 5.74) is 1.02. The molecule has 0 fully saturated rings. The molecule has 0 amide bonds. The summed E-state index contributed by atoms with van der Waals surface area (Å²) in [6.45, 7) is 0. The number of nitrogens with zero attached hydrogens (tertiary/aromatic N) is 2. The Labute approximate surface area is 141 Å². The topological polar surface area (TPSA) is 49.8 Å². The van der Waals surface area contributed by atoms with Crippen LogP contribution in [0.5, 0.6) is 0 Å². The van der Waals surface area contributed by atoms with Crippen molar-refractivity contribution in [3.8, 4) is 17.5 Å². The molecule has 0 spiro atoms. The van der Waals surface area contributed by atoms with Crippen molar-refractivity contribution in [2.75, 3.05) is 0 Å². The fourth-order valence-corrected chi connectivity index (χ4v) is 2.82. The minimum atomic E-state index is 0.255. The van der Waals surface area contributed by atoms with Gasteiger partial charge in [0.25, 0.3) is 0 Å². The average molecular weight is 347 g/mol. The van der Waals surface area contributed by atoms with E-state index in [0.29, 0.717) is 21.0 Å². The lowest BCUT2D eigenvalue weighted by atomic mass is 10.2. The molecule has 0 saturated heterocycles. The third-order valence-electron chi connectivity index (χ3n) is 2.82. The molecule has 0 bridgehead atoms. The van der Waals surface area contributed by atoms with Crippen LogP contribution in [0.15, 0.2) is 62.9 Å². The quantitative estimate of drug-likeness (QED) is 0.612. The minimum absolute atomic E-state index is 0.255. The molecule has 0 aliphatic carbocycles. The Morgan fingerprint density at radius 2 is 1.55 bits per heavy atom. The van der Waals surface area contributed by atoms with E-state index >= 15 is 0 Å². The molecule has 0 radical (unpaired) electrons. The van der Waals surface area contributed by atoms with Crippen LogP contribution in [0.4, 0.5) is 0 Å². The van der Waals surface area contributed by atoms with Gasteiger partial charge < -0.3 is 4.42 Å². The maximum absolute atomic E-state index is 9.22. The summed E-state index contributed by atoms with van der Waals surface area (Å²) >= 11 is 13.1. The average Bonchev–Trinajstić information content (AvgIpc) is 2.93. The maximum atomic E-state index is 9.22. The van der Waals surface area contributed by atoms with Crippen LogP contribution in [-0.4, -0.2) is 4.98 Å². The number of hydrogen-bond donors (Lipinski definition) is 0. The summed E-state index contributed by atoms with van der Waals surface area (Å²) in [7, 11) is 0. The van der Waals surface area contributed by atoms with E-state index in [1.54, 1.807) is 36.4 Å². The van der Waals surface area contributed by atoms with Crippen molar-refractivity contribution in [3.63, 3.8) is 0 Å². The zero-order valence-corrected chi connectivity index (χ0v) is 13.4. The molecule has 1 heterocycles. The van der Waals surface area contributed by atoms with Gasteiger partial charge in [-0.2, -0.15) is 10.2 Å². The number of benzene rings is 2. The van der Waals surface area contributed by atoms with Crippen molar-refractivity contribution in [1.29, 1.82) is 5.26 Å². The molecular formula is C16H8Cl2N2OS. The molecule has 3 nitrogen and oxygen atoms in total. The van der Waals surface area contributed by atoms with Gasteiger partial charge in [0.1, 0.15) is 6.07 Å². The monoisotopic (exact) mass is 346 g/mol. The Morgan fingerprint density at radius 1 is 0.955 bits per heavy atom. The van der Waals surface area contributed by atoms with Crippen molar-refractivity contribution in [1.82, 2.24) is 4.98 Å². The highest BCUT2D eigenvalue weighted by atomic mass is 35.5. The largest absolute Gasteiger partial charge is 0.428 e. The molecule has 3 aromatic rings. The molecule has 0 atom stereocenters. The normalized spacial score (nSPS) is 10.4. The van der Waals surface area contributed by atoms with Crippen LogP contribution in [0, 0.1) is 11.3 Å². The smallest absolute Gasteiger partial charge is 0.228 e. The summed E-state index contributed by atoms with van der Waals surface area (Å²) < 4.78 is 5.72. The number of oxazole rings is 1. The lowest BCUT2D eigenvalue weighted by Crippen LogP contribution is -1.78. The second kappa shape index (κ2) is 6.45. The summed E-state index contributed by atoms with van der Waals surface area (Å²) in [6, 6.07) is 16.4. The summed E-state index contributed by atoms with van der Waals surface area (Å²) in [5.74, 6) is 0.393. The van der Waals surface area contributed by atoms with Crippen LogP contribution in [0.3, 0.4) is 0 Å². The second-order valence-corrected chi connectivity index (χ2v) is 6.25. The number of aromatic nitrogens is 1. The molecular weight excluding hydrogens is 339 g/mol. The van der Waals surface area contributed by atoms with Gasteiger partial charge in [-0.25, -0.2) is 0 Å². The highest BCUT2D eigenvalue weighted by Gasteiger charge is 2.15. The van der Waals surface area contributed by atoms with E-state index in [1.165, 1.54) is 11.8 Å². The molecule has 0 unspecified atom stereocenters. The molecule has 22 heavy (non-hydrogen) atoms. The first-order valence-corrected chi connectivity index (χ1v) is 7.83. The molecule has 0 aliphatic heterocycles. The van der Waals surface area contributed by atoms with E-state index < -0.39 is 0 Å². The SMILES string of the molecule is N#Cc1nc(-c2ccc(Cl)cc2)oc1Sc1ccc(Cl)cc1. The fourth-order valence-electron chi connectivity index (χ4n) is 1.77. The first kappa shape index (κ1) is 15.0. The maximum Gasteiger partial charge on any atom is 0.228 e. The summed E-state index contributed by atoms with van der Waals surface area (Å²) in [6.07, 6.45) is 0. The zero-order valence-electron chi connectivity index (χ0n) is 11.1. The Morgan fingerprint density at radius 3 is 2.14 bits per heavy atom. The van der Waals surface area contributed by atoms with E-state index in [4.69, 9.17) is 27.6 Å². The van der Waals surface area contributed by atoms with Crippen molar-refractivity contribution >= 4 is 35.0 Å². The number of rotatable bonds is 3. The lowest BCUT2D eigenvalue weighted by Gasteiger charge is -1.98. The molecule has 6 heteroatoms. The highest BCUT2D eigenvalue weighted by molar-refractivity contribution is 7.99. The van der Waals surface area contributed by atoms with Crippen molar-refractivity contribution in [2.24, 2.45) is 0 Å². The Balaban J connectivity index is 1.93. The molecule has 2 aromatic carbocycles. The van der Waals surface area contributed by atoms with Gasteiger partial charge in [-0.15, -0.1) is 0 Å². The molecule has 108 valence electrons. The Kier molecular flexibility index (Phi) is 4.39. The van der Waals surface area contributed by atoms with Crippen LogP contribution >= 0.6 is 35.0 Å². The first-order valence-electron chi connectivity index (χ1n) is 6.26. The molecule has 3 rings (SSSR count). The number of hydrogen-bond acceptors (Lipinski definition) is 4. The molecule has 0 saturated carbocycles. The lowest BCUT2D eigenvalue weighted by molar-refractivity contribution is 0.483. The van der Waals surface area contributed by atoms with E-state index in [-0.39, 0.29) is 5.69 Å². The first-order chi connectivity index (χ1) is 10.7. The molecule has 0 N–H and O–H groups in total. The van der Waals surface area contributed by atoms with E-state index in [0.717, 1.165) is 10.5 Å². The van der Waals surface area contributed by atoms with E-state index in [2.05, 4.69) is 11.1 Å². The fraction of sp³-hybridized carbons (Fsp3) is 0. The van der Waals surface area contributed by atoms with Crippen molar-refractivity contribution < 1.29 is 4.42 Å². The van der Waals surface area contributed by atoms with Crippen LogP contribution in [0.25, 0.3) is 11.5 Å². The number of nitriles is 1. The Bertz CT molecular complexity index is 836. The molecule has 1 aromatic heterocycles. The standard InChI is InChI=1S/C16H8Cl2N2OS/c17-11-3-1-10(2-4-11)15-20-14(9-19)16(21-15)22-13-7-5-12(18)6-8-13/h1-8H. The second-order valence-electron chi connectivity index (χ2n) is 4.33. The van der Waals surface area contributed by atoms with Gasteiger partial charge in [-0.3, -0.25) is 0 Å². The van der Waals surface area contributed by atoms with E-state index in [9.17, 15) is 5.26 Å². The van der Waals surface area contributed by atoms with Crippen LogP contribution < -0.4 is 0 Å². The van der Waals surface area contributed by atoms with Gasteiger partial charge in [0, 0.05) is 20.5 Å².